The molecule has 0 aliphatic heterocycles. The summed E-state index contributed by atoms with van der Waals surface area (Å²) < 4.78 is 27.5. The van der Waals surface area contributed by atoms with E-state index in [0.29, 0.717) is 23.5 Å². The predicted octanol–water partition coefficient (Wildman–Crippen LogP) is 3.63. The molecule has 0 aromatic heterocycles. The Morgan fingerprint density at radius 3 is 2.71 bits per heavy atom. The first kappa shape index (κ1) is 22.0. The summed E-state index contributed by atoms with van der Waals surface area (Å²) >= 11 is 0. The Morgan fingerprint density at radius 2 is 1.94 bits per heavy atom. The van der Waals surface area contributed by atoms with Crippen LogP contribution < -0.4 is 27.6 Å². The van der Waals surface area contributed by atoms with Crippen LogP contribution in [0, 0.1) is 0 Å². The quantitative estimate of drug-likeness (QED) is 0.252. The molecule has 1 unspecified atom stereocenters. The van der Waals surface area contributed by atoms with E-state index in [9.17, 15) is 13.6 Å². The number of halogens is 2. The van der Waals surface area contributed by atoms with Crippen LogP contribution in [0.15, 0.2) is 78.2 Å². The van der Waals surface area contributed by atoms with E-state index in [-0.39, 0.29) is 12.1 Å². The van der Waals surface area contributed by atoms with Crippen molar-refractivity contribution < 1.29 is 13.6 Å². The molecule has 0 spiro atoms. The largest absolute Gasteiger partial charge is 0.397 e. The average molecular weight is 425 g/mol. The summed E-state index contributed by atoms with van der Waals surface area (Å²) in [6, 6.07) is 12.6. The summed E-state index contributed by atoms with van der Waals surface area (Å²) in [6.07, 6.45) is 4.16. The van der Waals surface area contributed by atoms with Gasteiger partial charge in [-0.2, -0.15) is 0 Å². The third kappa shape index (κ3) is 5.93. The SMILES string of the molecule is NNc1ccccc1CCNc1ccc(C(=O)NCC2=CC(F)C=CC=C2F)cc1N. The Morgan fingerprint density at radius 1 is 1.13 bits per heavy atom. The highest BCUT2D eigenvalue weighted by Gasteiger charge is 2.13. The number of allylic oxidation sites excluding steroid dienone is 4. The lowest BCUT2D eigenvalue weighted by atomic mass is 10.1. The van der Waals surface area contributed by atoms with E-state index in [4.69, 9.17) is 11.6 Å². The standard InChI is InChI=1S/C23H25F2N5O/c24-18-5-3-6-19(25)17(12-18)14-29-23(31)16-8-9-22(20(26)13-16)28-11-10-15-4-1-2-7-21(15)30-27/h1-9,12-13,18,28,30H,10-11,14,26-27H2,(H,29,31). The Labute approximate surface area is 179 Å². The number of anilines is 3. The number of benzene rings is 2. The van der Waals surface area contributed by atoms with Crippen LogP contribution in [0.25, 0.3) is 0 Å². The maximum atomic E-state index is 13.9. The van der Waals surface area contributed by atoms with E-state index < -0.39 is 17.9 Å². The minimum Gasteiger partial charge on any atom is -0.397 e. The van der Waals surface area contributed by atoms with Crippen molar-refractivity contribution in [2.45, 2.75) is 12.6 Å². The minimum atomic E-state index is -1.40. The fourth-order valence-electron chi connectivity index (χ4n) is 3.18. The third-order valence-corrected chi connectivity index (χ3v) is 4.84. The van der Waals surface area contributed by atoms with Crippen LogP contribution in [0.2, 0.25) is 0 Å². The molecule has 1 amide bonds. The van der Waals surface area contributed by atoms with Gasteiger partial charge >= 0.3 is 0 Å². The molecule has 2 aromatic rings. The van der Waals surface area contributed by atoms with Gasteiger partial charge in [0, 0.05) is 24.2 Å². The normalized spacial score (nSPS) is 15.5. The van der Waals surface area contributed by atoms with Crippen molar-refractivity contribution in [1.29, 1.82) is 0 Å². The van der Waals surface area contributed by atoms with E-state index in [2.05, 4.69) is 16.1 Å². The zero-order chi connectivity index (χ0) is 22.2. The Bertz CT molecular complexity index is 1030. The minimum absolute atomic E-state index is 0.0874. The molecule has 0 heterocycles. The van der Waals surface area contributed by atoms with Gasteiger partial charge in [-0.05, 0) is 54.5 Å². The van der Waals surface area contributed by atoms with Gasteiger partial charge in [-0.3, -0.25) is 10.6 Å². The number of nitrogens with one attached hydrogen (secondary N) is 3. The van der Waals surface area contributed by atoms with Gasteiger partial charge in [0.05, 0.1) is 17.1 Å². The second-order valence-electron chi connectivity index (χ2n) is 7.00. The van der Waals surface area contributed by atoms with Gasteiger partial charge in [-0.1, -0.05) is 24.3 Å². The fraction of sp³-hybridized carbons (Fsp3) is 0.174. The number of rotatable bonds is 8. The maximum absolute atomic E-state index is 13.9. The van der Waals surface area contributed by atoms with Crippen molar-refractivity contribution in [3.05, 3.63) is 89.3 Å². The smallest absolute Gasteiger partial charge is 0.251 e. The van der Waals surface area contributed by atoms with Crippen LogP contribution in [-0.2, 0) is 6.42 Å². The first-order valence-electron chi connectivity index (χ1n) is 9.83. The second-order valence-corrected chi connectivity index (χ2v) is 7.00. The summed E-state index contributed by atoms with van der Waals surface area (Å²) in [7, 11) is 0. The molecule has 0 radical (unpaired) electrons. The summed E-state index contributed by atoms with van der Waals surface area (Å²) in [5.74, 6) is 4.51. The number of alkyl halides is 1. The van der Waals surface area contributed by atoms with Gasteiger partial charge in [-0.25, -0.2) is 8.78 Å². The van der Waals surface area contributed by atoms with E-state index in [1.807, 2.05) is 24.3 Å². The van der Waals surface area contributed by atoms with Crippen molar-refractivity contribution in [1.82, 2.24) is 5.32 Å². The summed E-state index contributed by atoms with van der Waals surface area (Å²) in [5.41, 5.74) is 12.2. The molecule has 3 rings (SSSR count). The molecule has 162 valence electrons. The van der Waals surface area contributed by atoms with Crippen molar-refractivity contribution in [3.63, 3.8) is 0 Å². The second kappa shape index (κ2) is 10.4. The molecule has 1 aliphatic rings. The Kier molecular flexibility index (Phi) is 7.40. The van der Waals surface area contributed by atoms with E-state index in [1.165, 1.54) is 12.2 Å². The topological polar surface area (TPSA) is 105 Å². The predicted molar refractivity (Wildman–Crippen MR) is 121 cm³/mol. The number of para-hydroxylation sites is 1. The number of hydrogen-bond donors (Lipinski definition) is 5. The average Bonchev–Trinajstić information content (AvgIpc) is 2.93. The lowest BCUT2D eigenvalue weighted by Crippen LogP contribution is -2.26. The van der Waals surface area contributed by atoms with Gasteiger partial charge < -0.3 is 21.8 Å². The molecule has 0 fully saturated rings. The molecule has 0 bridgehead atoms. The summed E-state index contributed by atoms with van der Waals surface area (Å²) in [6.45, 7) is 0.490. The van der Waals surface area contributed by atoms with Gasteiger partial charge in [0.25, 0.3) is 5.91 Å². The van der Waals surface area contributed by atoms with E-state index in [0.717, 1.165) is 29.8 Å². The molecule has 1 aliphatic carbocycles. The van der Waals surface area contributed by atoms with Crippen LogP contribution in [0.3, 0.4) is 0 Å². The molecule has 7 N–H and O–H groups in total. The maximum Gasteiger partial charge on any atom is 0.251 e. The first-order chi connectivity index (χ1) is 15.0. The monoisotopic (exact) mass is 425 g/mol. The summed E-state index contributed by atoms with van der Waals surface area (Å²) in [5, 5.41) is 5.83. The number of amides is 1. The van der Waals surface area contributed by atoms with E-state index >= 15 is 0 Å². The van der Waals surface area contributed by atoms with Crippen molar-refractivity contribution in [3.8, 4) is 0 Å². The van der Waals surface area contributed by atoms with Crippen molar-refractivity contribution in [2.24, 2.45) is 5.84 Å². The molecule has 31 heavy (non-hydrogen) atoms. The van der Waals surface area contributed by atoms with Gasteiger partial charge in [0.1, 0.15) is 12.0 Å². The molecular weight excluding hydrogens is 400 g/mol. The van der Waals surface area contributed by atoms with Gasteiger partial charge in [0.15, 0.2) is 0 Å². The van der Waals surface area contributed by atoms with Crippen LogP contribution in [0.5, 0.6) is 0 Å². The van der Waals surface area contributed by atoms with Gasteiger partial charge in [-0.15, -0.1) is 0 Å². The fourth-order valence-corrected chi connectivity index (χ4v) is 3.18. The molecule has 0 saturated carbocycles. The Balaban J connectivity index is 1.56. The number of hydrazine groups is 1. The molecule has 1 atom stereocenters. The zero-order valence-corrected chi connectivity index (χ0v) is 16.9. The number of nitrogen functional groups attached to an aromatic ring is 2. The number of carbonyl (C=O) groups is 1. The van der Waals surface area contributed by atoms with E-state index in [1.54, 1.807) is 18.2 Å². The van der Waals surface area contributed by atoms with Crippen LogP contribution in [-0.4, -0.2) is 25.2 Å². The lowest BCUT2D eigenvalue weighted by molar-refractivity contribution is 0.0957. The number of nitrogens with two attached hydrogens (primary N) is 2. The summed E-state index contributed by atoms with van der Waals surface area (Å²) in [4.78, 5) is 12.4. The first-order valence-corrected chi connectivity index (χ1v) is 9.83. The molecule has 8 heteroatoms. The Hall–Kier alpha value is -3.65. The number of carbonyl (C=O) groups excluding carboxylic acids is 1. The highest BCUT2D eigenvalue weighted by molar-refractivity contribution is 5.96. The van der Waals surface area contributed by atoms with Gasteiger partial charge in [0.2, 0.25) is 0 Å². The van der Waals surface area contributed by atoms with Crippen molar-refractivity contribution in [2.75, 3.05) is 29.6 Å². The highest BCUT2D eigenvalue weighted by Crippen LogP contribution is 2.21. The van der Waals surface area contributed by atoms with Crippen molar-refractivity contribution >= 4 is 23.0 Å². The van der Waals surface area contributed by atoms with Crippen LogP contribution >= 0.6 is 0 Å². The molecule has 0 saturated heterocycles. The van der Waals surface area contributed by atoms with Crippen LogP contribution in [0.4, 0.5) is 25.8 Å². The lowest BCUT2D eigenvalue weighted by Gasteiger charge is -2.13. The van der Waals surface area contributed by atoms with Crippen LogP contribution in [0.1, 0.15) is 15.9 Å². The number of hydrogen-bond acceptors (Lipinski definition) is 5. The molecular formula is C23H25F2N5O. The third-order valence-electron chi connectivity index (χ3n) is 4.84. The highest BCUT2D eigenvalue weighted by atomic mass is 19.1. The molecule has 2 aromatic carbocycles. The zero-order valence-electron chi connectivity index (χ0n) is 16.9. The molecule has 6 nitrogen and oxygen atoms in total.